The lowest BCUT2D eigenvalue weighted by Gasteiger charge is -2.23. The number of fused-ring (bicyclic) bond motifs is 1. The second kappa shape index (κ2) is 9.75. The molecule has 0 aliphatic heterocycles. The number of aliphatic hydroxyl groups is 1. The minimum Gasteiger partial charge on any atom is -0.497 e. The third-order valence-electron chi connectivity index (χ3n) is 5.49. The Kier molecular flexibility index (Phi) is 7.07. The van der Waals surface area contributed by atoms with Crippen LogP contribution in [0.3, 0.4) is 0 Å². The summed E-state index contributed by atoms with van der Waals surface area (Å²) in [5.74, 6) is -0.277. The minimum absolute atomic E-state index is 0.0355. The number of ether oxygens (including phenoxy) is 1. The zero-order valence-corrected chi connectivity index (χ0v) is 17.8. The van der Waals surface area contributed by atoms with Crippen molar-refractivity contribution < 1.29 is 23.4 Å². The number of hydrogen-bond donors (Lipinski definition) is 2. The molecule has 2 atom stereocenters. The van der Waals surface area contributed by atoms with Gasteiger partial charge in [0, 0.05) is 29.0 Å². The first kappa shape index (κ1) is 22.5. The Morgan fingerprint density at radius 2 is 2.00 bits per heavy atom. The van der Waals surface area contributed by atoms with Crippen LogP contribution >= 0.6 is 0 Å². The molecule has 31 heavy (non-hydrogen) atoms. The van der Waals surface area contributed by atoms with E-state index in [4.69, 9.17) is 9.15 Å². The van der Waals surface area contributed by atoms with Gasteiger partial charge in [-0.3, -0.25) is 4.79 Å². The summed E-state index contributed by atoms with van der Waals surface area (Å²) >= 11 is 0. The second-order valence-corrected chi connectivity index (χ2v) is 7.40. The van der Waals surface area contributed by atoms with Crippen LogP contribution in [0.5, 0.6) is 5.75 Å². The molecule has 0 aliphatic rings. The van der Waals surface area contributed by atoms with E-state index in [1.165, 1.54) is 19.2 Å². The molecule has 1 heterocycles. The van der Waals surface area contributed by atoms with Crippen LogP contribution in [0, 0.1) is 12.7 Å². The summed E-state index contributed by atoms with van der Waals surface area (Å²) in [5, 5.41) is 14.0. The molecule has 0 spiro atoms. The summed E-state index contributed by atoms with van der Waals surface area (Å²) in [7, 11) is 1.53. The Morgan fingerprint density at radius 1 is 1.26 bits per heavy atom. The van der Waals surface area contributed by atoms with Crippen LogP contribution in [-0.2, 0) is 11.2 Å². The number of amides is 1. The van der Waals surface area contributed by atoms with Crippen molar-refractivity contribution >= 4 is 16.9 Å². The summed E-state index contributed by atoms with van der Waals surface area (Å²) in [5.41, 5.74) is 1.24. The average molecular weight is 427 g/mol. The van der Waals surface area contributed by atoms with Gasteiger partial charge >= 0.3 is 5.63 Å². The molecule has 6 nitrogen and oxygen atoms in total. The molecule has 0 fully saturated rings. The maximum Gasteiger partial charge on any atom is 0.339 e. The third-order valence-corrected chi connectivity index (χ3v) is 5.49. The van der Waals surface area contributed by atoms with Gasteiger partial charge in [0.15, 0.2) is 0 Å². The van der Waals surface area contributed by atoms with Crippen LogP contribution in [0.2, 0.25) is 0 Å². The molecule has 0 radical (unpaired) electrons. The first-order valence-corrected chi connectivity index (χ1v) is 10.2. The van der Waals surface area contributed by atoms with Gasteiger partial charge < -0.3 is 19.6 Å². The van der Waals surface area contributed by atoms with Gasteiger partial charge in [-0.05, 0) is 43.5 Å². The number of aliphatic hydroxyl groups excluding tert-OH is 1. The molecule has 1 aromatic heterocycles. The molecule has 0 saturated heterocycles. The van der Waals surface area contributed by atoms with Gasteiger partial charge in [0.2, 0.25) is 5.91 Å². The van der Waals surface area contributed by atoms with Gasteiger partial charge in [0.25, 0.3) is 0 Å². The van der Waals surface area contributed by atoms with Crippen LogP contribution < -0.4 is 15.7 Å². The zero-order chi connectivity index (χ0) is 22.5. The Balaban J connectivity index is 1.72. The Hall–Kier alpha value is -3.19. The van der Waals surface area contributed by atoms with Crippen LogP contribution in [0.1, 0.15) is 42.6 Å². The number of rotatable bonds is 8. The average Bonchev–Trinajstić information content (AvgIpc) is 2.76. The number of nitrogens with one attached hydrogen (secondary N) is 1. The number of carbonyl (C=O) groups excluding carboxylic acids is 1. The van der Waals surface area contributed by atoms with E-state index >= 15 is 0 Å². The third kappa shape index (κ3) is 4.94. The predicted octanol–water partition coefficient (Wildman–Crippen LogP) is 3.81. The number of hydrogen-bond acceptors (Lipinski definition) is 5. The van der Waals surface area contributed by atoms with Crippen molar-refractivity contribution in [1.29, 1.82) is 0 Å². The van der Waals surface area contributed by atoms with Crippen LogP contribution in [0.25, 0.3) is 11.0 Å². The maximum atomic E-state index is 14.0. The molecule has 0 aliphatic carbocycles. The largest absolute Gasteiger partial charge is 0.497 e. The molecule has 7 heteroatoms. The van der Waals surface area contributed by atoms with Crippen molar-refractivity contribution in [3.8, 4) is 5.75 Å². The molecule has 0 saturated carbocycles. The highest BCUT2D eigenvalue weighted by Gasteiger charge is 2.24. The van der Waals surface area contributed by atoms with E-state index in [0.717, 1.165) is 10.9 Å². The lowest BCUT2D eigenvalue weighted by molar-refractivity contribution is -0.122. The Bertz CT molecular complexity index is 1140. The normalized spacial score (nSPS) is 13.1. The van der Waals surface area contributed by atoms with Gasteiger partial charge in [0.05, 0.1) is 13.2 Å². The highest BCUT2D eigenvalue weighted by Crippen LogP contribution is 2.25. The molecule has 1 amide bonds. The quantitative estimate of drug-likeness (QED) is 0.534. The molecular weight excluding hydrogens is 401 g/mol. The predicted molar refractivity (Wildman–Crippen MR) is 116 cm³/mol. The molecule has 164 valence electrons. The van der Waals surface area contributed by atoms with Crippen molar-refractivity contribution in [2.24, 2.45) is 0 Å². The van der Waals surface area contributed by atoms with Crippen molar-refractivity contribution in [3.63, 3.8) is 0 Å². The first-order valence-electron chi connectivity index (χ1n) is 10.2. The molecule has 3 aromatic rings. The van der Waals surface area contributed by atoms with Crippen LogP contribution in [-0.4, -0.2) is 24.2 Å². The van der Waals surface area contributed by atoms with Crippen molar-refractivity contribution in [2.75, 3.05) is 7.11 Å². The number of aryl methyl sites for hydroxylation is 1. The monoisotopic (exact) mass is 427 g/mol. The topological polar surface area (TPSA) is 88.8 Å². The van der Waals surface area contributed by atoms with Gasteiger partial charge in [0.1, 0.15) is 23.3 Å². The lowest BCUT2D eigenvalue weighted by Crippen LogP contribution is -2.39. The molecule has 2 aromatic carbocycles. The fourth-order valence-corrected chi connectivity index (χ4v) is 3.64. The number of carbonyl (C=O) groups is 1. The second-order valence-electron chi connectivity index (χ2n) is 7.40. The van der Waals surface area contributed by atoms with Crippen LogP contribution in [0.4, 0.5) is 4.39 Å². The van der Waals surface area contributed by atoms with E-state index in [0.29, 0.717) is 23.3 Å². The minimum atomic E-state index is -1.17. The highest BCUT2D eigenvalue weighted by molar-refractivity contribution is 5.82. The fourth-order valence-electron chi connectivity index (χ4n) is 3.64. The first-order chi connectivity index (χ1) is 14.8. The van der Waals surface area contributed by atoms with Crippen molar-refractivity contribution in [3.05, 3.63) is 75.4 Å². The Morgan fingerprint density at radius 3 is 2.68 bits per heavy atom. The number of halogens is 1. The summed E-state index contributed by atoms with van der Waals surface area (Å²) in [6, 6.07) is 10.5. The van der Waals surface area contributed by atoms with E-state index in [-0.39, 0.29) is 24.3 Å². The molecule has 2 N–H and O–H groups in total. The Labute approximate surface area is 179 Å². The smallest absolute Gasteiger partial charge is 0.339 e. The number of benzene rings is 2. The van der Waals surface area contributed by atoms with Gasteiger partial charge in [-0.2, -0.15) is 0 Å². The SMILES string of the molecule is CC[C@@H](NC(=O)CCc1c(C)c2ccc(OC)cc2oc1=O)[C@@H](O)c1ccccc1F. The van der Waals surface area contributed by atoms with Crippen molar-refractivity contribution in [1.82, 2.24) is 5.32 Å². The van der Waals surface area contributed by atoms with Gasteiger partial charge in [-0.25, -0.2) is 9.18 Å². The van der Waals surface area contributed by atoms with E-state index in [1.54, 1.807) is 31.2 Å². The maximum absolute atomic E-state index is 14.0. The van der Waals surface area contributed by atoms with Gasteiger partial charge in [-0.15, -0.1) is 0 Å². The lowest BCUT2D eigenvalue weighted by atomic mass is 9.99. The fraction of sp³-hybridized carbons (Fsp3) is 0.333. The highest BCUT2D eigenvalue weighted by atomic mass is 19.1. The molecule has 0 unspecified atom stereocenters. The summed E-state index contributed by atoms with van der Waals surface area (Å²) in [4.78, 5) is 25.0. The summed E-state index contributed by atoms with van der Waals surface area (Å²) < 4.78 is 24.6. The van der Waals surface area contributed by atoms with E-state index in [1.807, 2.05) is 13.0 Å². The van der Waals surface area contributed by atoms with Crippen molar-refractivity contribution in [2.45, 2.75) is 45.3 Å². The summed E-state index contributed by atoms with van der Waals surface area (Å²) in [6.45, 7) is 3.61. The molecule has 0 bridgehead atoms. The van der Waals surface area contributed by atoms with E-state index < -0.39 is 23.6 Å². The zero-order valence-electron chi connectivity index (χ0n) is 17.8. The summed E-state index contributed by atoms with van der Waals surface area (Å²) in [6.07, 6.45) is -0.528. The molecular formula is C24H26FNO5. The van der Waals surface area contributed by atoms with E-state index in [9.17, 15) is 19.1 Å². The van der Waals surface area contributed by atoms with E-state index in [2.05, 4.69) is 5.32 Å². The van der Waals surface area contributed by atoms with Crippen LogP contribution in [0.15, 0.2) is 51.7 Å². The van der Waals surface area contributed by atoms with Gasteiger partial charge in [-0.1, -0.05) is 25.1 Å². The molecule has 3 rings (SSSR count). The number of methoxy groups -OCH3 is 1. The standard InChI is InChI=1S/C24H26FNO5/c1-4-20(23(28)18-7-5-6-8-19(18)25)26-22(27)12-11-17-14(2)16-10-9-15(30-3)13-21(16)31-24(17)29/h5-10,13,20,23,28H,4,11-12H2,1-3H3,(H,26,27)/t20-,23+/m1/s1.